The van der Waals surface area contributed by atoms with Crippen molar-refractivity contribution in [1.82, 2.24) is 5.32 Å². The number of hydrogen-bond donors (Lipinski definition) is 2. The Hall–Kier alpha value is -1.56. The molecule has 1 fully saturated rings. The molecule has 2 rings (SSSR count). The van der Waals surface area contributed by atoms with Crippen LogP contribution in [0.5, 0.6) is 0 Å². The first kappa shape index (κ1) is 14.8. The van der Waals surface area contributed by atoms with E-state index in [0.717, 1.165) is 13.0 Å². The second-order valence-corrected chi connectivity index (χ2v) is 5.55. The molecule has 0 aromatic heterocycles. The van der Waals surface area contributed by atoms with Crippen LogP contribution in [0, 0.1) is 5.82 Å². The van der Waals surface area contributed by atoms with E-state index in [-0.39, 0.29) is 5.56 Å². The van der Waals surface area contributed by atoms with Crippen LogP contribution in [0.15, 0.2) is 24.3 Å². The van der Waals surface area contributed by atoms with E-state index in [0.29, 0.717) is 0 Å². The summed E-state index contributed by atoms with van der Waals surface area (Å²) < 4.78 is 42.5. The molecule has 1 aliphatic rings. The molecule has 1 aliphatic heterocycles. The second-order valence-electron chi connectivity index (χ2n) is 5.55. The molecule has 1 heterocycles. The summed E-state index contributed by atoms with van der Waals surface area (Å²) in [5.41, 5.74) is -3.83. The minimum atomic E-state index is -2.24. The summed E-state index contributed by atoms with van der Waals surface area (Å²) in [5, 5.41) is 11.5. The van der Waals surface area contributed by atoms with Gasteiger partial charge >= 0.3 is 5.97 Å². The number of carboxylic acid groups (broad SMARTS) is 1. The fourth-order valence-corrected chi connectivity index (χ4v) is 2.66. The number of hydrogen-bond acceptors (Lipinski definition) is 2. The molecule has 1 aromatic carbocycles. The maximum Gasteiger partial charge on any atom is 0.324 e. The van der Waals surface area contributed by atoms with Crippen LogP contribution in [-0.2, 0) is 10.3 Å². The fraction of sp³-hybridized carbons (Fsp3) is 0.500. The first-order chi connectivity index (χ1) is 9.18. The van der Waals surface area contributed by atoms with Gasteiger partial charge in [-0.05, 0) is 19.9 Å². The lowest BCUT2D eigenvalue weighted by Crippen LogP contribution is -2.67. The summed E-state index contributed by atoms with van der Waals surface area (Å²) >= 11 is 0. The van der Waals surface area contributed by atoms with Gasteiger partial charge in [-0.25, -0.2) is 13.2 Å². The van der Waals surface area contributed by atoms with Gasteiger partial charge in [-0.15, -0.1) is 0 Å². The van der Waals surface area contributed by atoms with Gasteiger partial charge in [-0.1, -0.05) is 18.2 Å². The first-order valence-electron chi connectivity index (χ1n) is 6.27. The number of nitrogens with one attached hydrogen (secondary N) is 1. The molecule has 110 valence electrons. The van der Waals surface area contributed by atoms with Crippen LogP contribution in [-0.4, -0.2) is 29.0 Å². The summed E-state index contributed by atoms with van der Waals surface area (Å²) in [6.07, 6.45) is -2.35. The summed E-state index contributed by atoms with van der Waals surface area (Å²) in [5.74, 6) is -2.08. The maximum absolute atomic E-state index is 14.4. The van der Waals surface area contributed by atoms with E-state index in [1.807, 2.05) is 0 Å². The van der Waals surface area contributed by atoms with Crippen LogP contribution in [0.1, 0.15) is 25.8 Å². The first-order valence-corrected chi connectivity index (χ1v) is 6.27. The number of carbonyl (C=O) groups is 1. The van der Waals surface area contributed by atoms with E-state index in [1.54, 1.807) is 0 Å². The zero-order valence-electron chi connectivity index (χ0n) is 11.2. The predicted molar refractivity (Wildman–Crippen MR) is 67.3 cm³/mol. The van der Waals surface area contributed by atoms with Crippen LogP contribution in [0.25, 0.3) is 0 Å². The van der Waals surface area contributed by atoms with Crippen molar-refractivity contribution < 1.29 is 23.1 Å². The van der Waals surface area contributed by atoms with E-state index >= 15 is 0 Å². The van der Waals surface area contributed by atoms with Crippen molar-refractivity contribution in [2.75, 3.05) is 0 Å². The predicted octanol–water partition coefficient (Wildman–Crippen LogP) is 2.55. The molecule has 3 nitrogen and oxygen atoms in total. The van der Waals surface area contributed by atoms with E-state index in [9.17, 15) is 18.0 Å². The van der Waals surface area contributed by atoms with Gasteiger partial charge in [0.05, 0.1) is 5.54 Å². The van der Waals surface area contributed by atoms with Crippen molar-refractivity contribution in [1.29, 1.82) is 0 Å². The van der Waals surface area contributed by atoms with E-state index < -0.39 is 41.6 Å². The molecule has 1 unspecified atom stereocenters. The number of halogens is 3. The van der Waals surface area contributed by atoms with Crippen LogP contribution < -0.4 is 5.32 Å². The zero-order valence-corrected chi connectivity index (χ0v) is 11.2. The molecule has 1 saturated heterocycles. The highest BCUT2D eigenvalue weighted by Crippen LogP contribution is 2.41. The van der Waals surface area contributed by atoms with Crippen LogP contribution >= 0.6 is 0 Å². The molecule has 0 saturated carbocycles. The Labute approximate surface area is 114 Å². The number of benzene rings is 1. The van der Waals surface area contributed by atoms with Gasteiger partial charge in [0.15, 0.2) is 0 Å². The number of piperidine rings is 1. The summed E-state index contributed by atoms with van der Waals surface area (Å²) in [6.45, 7) is 2.38. The average molecular weight is 287 g/mol. The minimum Gasteiger partial charge on any atom is -0.480 e. The lowest BCUT2D eigenvalue weighted by atomic mass is 9.74. The highest BCUT2D eigenvalue weighted by atomic mass is 19.2. The Morgan fingerprint density at radius 3 is 2.55 bits per heavy atom. The van der Waals surface area contributed by atoms with Gasteiger partial charge in [0.1, 0.15) is 23.7 Å². The van der Waals surface area contributed by atoms with Crippen molar-refractivity contribution in [2.45, 2.75) is 43.7 Å². The SMILES string of the molecule is C[C@]1(F)C[C@H](F)[C@@](C)(c2ccccc2F)NC1C(=O)O. The third kappa shape index (κ3) is 2.28. The van der Waals surface area contributed by atoms with Gasteiger partial charge < -0.3 is 5.11 Å². The Kier molecular flexibility index (Phi) is 3.54. The van der Waals surface area contributed by atoms with Crippen molar-refractivity contribution in [3.05, 3.63) is 35.6 Å². The van der Waals surface area contributed by atoms with Crippen molar-refractivity contribution in [3.63, 3.8) is 0 Å². The van der Waals surface area contributed by atoms with Crippen LogP contribution in [0.3, 0.4) is 0 Å². The third-order valence-corrected chi connectivity index (χ3v) is 3.93. The number of alkyl halides is 2. The molecule has 0 radical (unpaired) electrons. The Morgan fingerprint density at radius 2 is 2.00 bits per heavy atom. The summed E-state index contributed by atoms with van der Waals surface area (Å²) in [6, 6.07) is 3.91. The molecular formula is C14H16F3NO2. The molecule has 0 aliphatic carbocycles. The lowest BCUT2D eigenvalue weighted by Gasteiger charge is -2.46. The van der Waals surface area contributed by atoms with Crippen molar-refractivity contribution in [2.24, 2.45) is 0 Å². The largest absolute Gasteiger partial charge is 0.480 e. The third-order valence-electron chi connectivity index (χ3n) is 3.93. The molecule has 0 spiro atoms. The highest BCUT2D eigenvalue weighted by molar-refractivity contribution is 5.75. The van der Waals surface area contributed by atoms with E-state index in [4.69, 9.17) is 5.11 Å². The Morgan fingerprint density at radius 1 is 1.40 bits per heavy atom. The Balaban J connectivity index is 2.46. The topological polar surface area (TPSA) is 49.3 Å². The quantitative estimate of drug-likeness (QED) is 0.879. The van der Waals surface area contributed by atoms with Gasteiger partial charge in [-0.3, -0.25) is 10.1 Å². The normalized spacial score (nSPS) is 37.6. The number of carboxylic acids is 1. The molecule has 2 N–H and O–H groups in total. The van der Waals surface area contributed by atoms with Crippen molar-refractivity contribution in [3.8, 4) is 0 Å². The molecule has 20 heavy (non-hydrogen) atoms. The van der Waals surface area contributed by atoms with E-state index in [2.05, 4.69) is 5.32 Å². The maximum atomic E-state index is 14.4. The monoisotopic (exact) mass is 287 g/mol. The Bertz CT molecular complexity index is 535. The van der Waals surface area contributed by atoms with Gasteiger partial charge in [0.25, 0.3) is 0 Å². The van der Waals surface area contributed by atoms with Crippen LogP contribution in [0.4, 0.5) is 13.2 Å². The highest BCUT2D eigenvalue weighted by Gasteiger charge is 2.55. The van der Waals surface area contributed by atoms with Gasteiger partial charge in [0.2, 0.25) is 0 Å². The molecular weight excluding hydrogens is 271 g/mol. The molecule has 0 amide bonds. The summed E-state index contributed by atoms with van der Waals surface area (Å²) in [4.78, 5) is 11.2. The molecule has 0 bridgehead atoms. The molecule has 6 heteroatoms. The average Bonchev–Trinajstić information content (AvgIpc) is 2.33. The van der Waals surface area contributed by atoms with Gasteiger partial charge in [0, 0.05) is 12.0 Å². The van der Waals surface area contributed by atoms with Gasteiger partial charge in [-0.2, -0.15) is 0 Å². The minimum absolute atomic E-state index is 0.00532. The smallest absolute Gasteiger partial charge is 0.324 e. The van der Waals surface area contributed by atoms with E-state index in [1.165, 1.54) is 25.1 Å². The summed E-state index contributed by atoms with van der Waals surface area (Å²) in [7, 11) is 0. The van der Waals surface area contributed by atoms with Crippen LogP contribution in [0.2, 0.25) is 0 Å². The lowest BCUT2D eigenvalue weighted by molar-refractivity contribution is -0.149. The fourth-order valence-electron chi connectivity index (χ4n) is 2.66. The van der Waals surface area contributed by atoms with Crippen molar-refractivity contribution >= 4 is 5.97 Å². The zero-order chi connectivity index (χ0) is 15.1. The number of aliphatic carboxylic acids is 1. The second kappa shape index (κ2) is 4.77. The molecule has 4 atom stereocenters. The number of rotatable bonds is 2. The molecule has 1 aromatic rings. The standard InChI is InChI=1S/C14H16F3NO2/c1-13(17)7-10(16)14(2,18-11(13)12(19)20)8-5-3-4-6-9(8)15/h3-6,10-11,18H,7H2,1-2H3,(H,19,20)/t10-,11?,13-,14+/m0/s1.